The number of rotatable bonds is 7. The summed E-state index contributed by atoms with van der Waals surface area (Å²) < 4.78 is 5.08. The Morgan fingerprint density at radius 2 is 2.20 bits per heavy atom. The lowest BCUT2D eigenvalue weighted by molar-refractivity contribution is -0.137. The number of nitrogens with one attached hydrogen (secondary N) is 1. The predicted molar refractivity (Wildman–Crippen MR) is 75.7 cm³/mol. The number of piperidine rings is 1. The second-order valence-corrected chi connectivity index (χ2v) is 5.29. The monoisotopic (exact) mass is 286 g/mol. The number of aliphatic carboxylic acids is 1. The molecule has 2 amide bonds. The number of urea groups is 1. The highest BCUT2D eigenvalue weighted by molar-refractivity contribution is 5.75. The molecule has 6 heteroatoms. The van der Waals surface area contributed by atoms with Crippen LogP contribution in [0.3, 0.4) is 0 Å². The molecule has 20 heavy (non-hydrogen) atoms. The number of likely N-dealkylation sites (tertiary alicyclic amines) is 1. The van der Waals surface area contributed by atoms with Gasteiger partial charge in [-0.2, -0.15) is 0 Å². The fourth-order valence-corrected chi connectivity index (χ4v) is 2.58. The predicted octanol–water partition coefficient (Wildman–Crippen LogP) is 1.84. The highest BCUT2D eigenvalue weighted by Crippen LogP contribution is 2.21. The largest absolute Gasteiger partial charge is 0.481 e. The number of hydrogen-bond donors (Lipinski definition) is 2. The van der Waals surface area contributed by atoms with Crippen LogP contribution in [0.15, 0.2) is 0 Å². The lowest BCUT2D eigenvalue weighted by Gasteiger charge is -2.36. The van der Waals surface area contributed by atoms with Gasteiger partial charge in [-0.25, -0.2) is 4.79 Å². The number of carboxylic acids is 1. The molecule has 116 valence electrons. The molecule has 1 aliphatic heterocycles. The molecule has 0 aromatic heterocycles. The van der Waals surface area contributed by atoms with E-state index in [1.54, 1.807) is 12.0 Å². The van der Waals surface area contributed by atoms with E-state index < -0.39 is 5.97 Å². The molecule has 0 aromatic carbocycles. The van der Waals surface area contributed by atoms with E-state index in [-0.39, 0.29) is 24.5 Å². The highest BCUT2D eigenvalue weighted by Gasteiger charge is 2.27. The van der Waals surface area contributed by atoms with Crippen molar-refractivity contribution in [1.29, 1.82) is 0 Å². The fraction of sp³-hybridized carbons (Fsp3) is 0.857. The van der Waals surface area contributed by atoms with Crippen LogP contribution < -0.4 is 5.32 Å². The Kier molecular flexibility index (Phi) is 7.36. The first kappa shape index (κ1) is 16.8. The van der Waals surface area contributed by atoms with Gasteiger partial charge in [0.15, 0.2) is 0 Å². The summed E-state index contributed by atoms with van der Waals surface area (Å²) in [6.45, 7) is 3.21. The molecule has 6 nitrogen and oxygen atoms in total. The SMILES string of the molecule is CCC(COC)NC(=O)N1CCCCC1CCC(=O)O. The van der Waals surface area contributed by atoms with Gasteiger partial charge in [0.2, 0.25) is 0 Å². The first-order chi connectivity index (χ1) is 9.58. The Labute approximate surface area is 120 Å². The first-order valence-electron chi connectivity index (χ1n) is 7.36. The molecule has 1 rings (SSSR count). The van der Waals surface area contributed by atoms with Crippen LogP contribution in [-0.4, -0.2) is 54.4 Å². The van der Waals surface area contributed by atoms with Gasteiger partial charge >= 0.3 is 12.0 Å². The lowest BCUT2D eigenvalue weighted by Crippen LogP contribution is -2.52. The molecule has 1 heterocycles. The molecular weight excluding hydrogens is 260 g/mol. The molecule has 1 fully saturated rings. The molecule has 2 unspecified atom stereocenters. The topological polar surface area (TPSA) is 78.9 Å². The Bertz CT molecular complexity index is 322. The van der Waals surface area contributed by atoms with Crippen molar-refractivity contribution in [1.82, 2.24) is 10.2 Å². The molecule has 0 spiro atoms. The van der Waals surface area contributed by atoms with Crippen LogP contribution in [0.1, 0.15) is 45.4 Å². The zero-order valence-electron chi connectivity index (χ0n) is 12.4. The van der Waals surface area contributed by atoms with E-state index in [1.165, 1.54) is 0 Å². The minimum absolute atomic E-state index is 0.00884. The summed E-state index contributed by atoms with van der Waals surface area (Å²) >= 11 is 0. The van der Waals surface area contributed by atoms with Crippen molar-refractivity contribution in [2.75, 3.05) is 20.3 Å². The van der Waals surface area contributed by atoms with E-state index in [1.807, 2.05) is 6.92 Å². The molecule has 0 aliphatic carbocycles. The zero-order chi connectivity index (χ0) is 15.0. The quantitative estimate of drug-likeness (QED) is 0.748. The number of hydrogen-bond acceptors (Lipinski definition) is 3. The van der Waals surface area contributed by atoms with Crippen molar-refractivity contribution in [2.24, 2.45) is 0 Å². The zero-order valence-corrected chi connectivity index (χ0v) is 12.4. The third kappa shape index (κ3) is 5.36. The second kappa shape index (κ2) is 8.79. The van der Waals surface area contributed by atoms with Gasteiger partial charge in [0.1, 0.15) is 0 Å². The van der Waals surface area contributed by atoms with Gasteiger partial charge in [0.05, 0.1) is 12.6 Å². The van der Waals surface area contributed by atoms with E-state index in [4.69, 9.17) is 9.84 Å². The van der Waals surface area contributed by atoms with Crippen molar-refractivity contribution in [2.45, 2.75) is 57.5 Å². The number of carbonyl (C=O) groups is 2. The van der Waals surface area contributed by atoms with Crippen LogP contribution in [0.4, 0.5) is 4.79 Å². The molecule has 0 aromatic rings. The van der Waals surface area contributed by atoms with Crippen molar-refractivity contribution < 1.29 is 19.4 Å². The molecule has 0 bridgehead atoms. The molecule has 0 saturated carbocycles. The summed E-state index contributed by atoms with van der Waals surface area (Å²) in [6, 6.07) is -0.0431. The van der Waals surface area contributed by atoms with Crippen LogP contribution in [0.5, 0.6) is 0 Å². The van der Waals surface area contributed by atoms with Crippen LogP contribution in [0, 0.1) is 0 Å². The van der Waals surface area contributed by atoms with Gasteiger partial charge in [-0.05, 0) is 32.1 Å². The summed E-state index contributed by atoms with van der Waals surface area (Å²) in [6.07, 6.45) is 4.39. The second-order valence-electron chi connectivity index (χ2n) is 5.29. The molecule has 0 radical (unpaired) electrons. The Morgan fingerprint density at radius 1 is 1.45 bits per heavy atom. The number of nitrogens with zero attached hydrogens (tertiary/aromatic N) is 1. The third-order valence-electron chi connectivity index (χ3n) is 3.77. The number of carboxylic acid groups (broad SMARTS) is 1. The maximum atomic E-state index is 12.3. The lowest BCUT2D eigenvalue weighted by atomic mass is 9.98. The van der Waals surface area contributed by atoms with Gasteiger partial charge in [0, 0.05) is 26.1 Å². The summed E-state index contributed by atoms with van der Waals surface area (Å²) in [5, 5.41) is 11.8. The Hall–Kier alpha value is -1.30. The van der Waals surface area contributed by atoms with Crippen molar-refractivity contribution in [3.63, 3.8) is 0 Å². The number of ether oxygens (including phenoxy) is 1. The third-order valence-corrected chi connectivity index (χ3v) is 3.77. The van der Waals surface area contributed by atoms with Crippen molar-refractivity contribution in [3.8, 4) is 0 Å². The van der Waals surface area contributed by atoms with Gasteiger partial charge in [-0.15, -0.1) is 0 Å². The molecule has 2 atom stereocenters. The van der Waals surface area contributed by atoms with Crippen molar-refractivity contribution in [3.05, 3.63) is 0 Å². The van der Waals surface area contributed by atoms with Gasteiger partial charge in [0.25, 0.3) is 0 Å². The fourth-order valence-electron chi connectivity index (χ4n) is 2.58. The summed E-state index contributed by atoms with van der Waals surface area (Å²) in [7, 11) is 1.62. The first-order valence-corrected chi connectivity index (χ1v) is 7.36. The number of methoxy groups -OCH3 is 1. The van der Waals surface area contributed by atoms with Crippen LogP contribution in [0.2, 0.25) is 0 Å². The van der Waals surface area contributed by atoms with E-state index in [9.17, 15) is 9.59 Å². The number of amides is 2. The Balaban J connectivity index is 2.54. The van der Waals surface area contributed by atoms with Crippen LogP contribution in [0.25, 0.3) is 0 Å². The number of carbonyl (C=O) groups excluding carboxylic acids is 1. The van der Waals surface area contributed by atoms with Gasteiger partial charge in [-0.3, -0.25) is 4.79 Å². The van der Waals surface area contributed by atoms with Crippen molar-refractivity contribution >= 4 is 12.0 Å². The molecule has 1 saturated heterocycles. The van der Waals surface area contributed by atoms with E-state index in [2.05, 4.69) is 5.32 Å². The smallest absolute Gasteiger partial charge is 0.317 e. The van der Waals surface area contributed by atoms with E-state index >= 15 is 0 Å². The molecule has 1 aliphatic rings. The highest BCUT2D eigenvalue weighted by atomic mass is 16.5. The normalized spacial score (nSPS) is 20.5. The van der Waals surface area contributed by atoms with Gasteiger partial charge < -0.3 is 20.1 Å². The average Bonchev–Trinajstić information content (AvgIpc) is 2.44. The summed E-state index contributed by atoms with van der Waals surface area (Å²) in [4.78, 5) is 24.8. The van der Waals surface area contributed by atoms with Crippen LogP contribution in [-0.2, 0) is 9.53 Å². The maximum absolute atomic E-state index is 12.3. The van der Waals surface area contributed by atoms with Gasteiger partial charge in [-0.1, -0.05) is 6.92 Å². The van der Waals surface area contributed by atoms with E-state index in [0.717, 1.165) is 25.7 Å². The average molecular weight is 286 g/mol. The Morgan fingerprint density at radius 3 is 2.80 bits per heavy atom. The van der Waals surface area contributed by atoms with Crippen LogP contribution >= 0.6 is 0 Å². The summed E-state index contributed by atoms with van der Waals surface area (Å²) in [5.41, 5.74) is 0. The molecular formula is C14H26N2O4. The maximum Gasteiger partial charge on any atom is 0.317 e. The summed E-state index contributed by atoms with van der Waals surface area (Å²) in [5.74, 6) is -0.804. The van der Waals surface area contributed by atoms with E-state index in [0.29, 0.717) is 19.6 Å². The standard InChI is InChI=1S/C14H26N2O4/c1-3-11(10-20-2)15-14(19)16-9-5-4-6-12(16)7-8-13(17)18/h11-12H,3-10H2,1-2H3,(H,15,19)(H,17,18). The minimum atomic E-state index is -0.804. The molecule has 2 N–H and O–H groups in total. The minimum Gasteiger partial charge on any atom is -0.481 e.